The van der Waals surface area contributed by atoms with Gasteiger partial charge in [-0.15, -0.1) is 0 Å². The maximum Gasteiger partial charge on any atom is 0.0552 e. The van der Waals surface area contributed by atoms with Crippen molar-refractivity contribution in [2.75, 3.05) is 24.5 Å². The molecular weight excluding hydrogens is 198 g/mol. The van der Waals surface area contributed by atoms with Crippen molar-refractivity contribution in [3.8, 4) is 0 Å². The van der Waals surface area contributed by atoms with Gasteiger partial charge in [0.25, 0.3) is 0 Å². The Kier molecular flexibility index (Phi) is 2.56. The molecule has 2 atom stereocenters. The maximum absolute atomic E-state index is 4.38. The van der Waals surface area contributed by atoms with Crippen LogP contribution in [0.3, 0.4) is 0 Å². The van der Waals surface area contributed by atoms with Crippen LogP contribution in [0, 0.1) is 12.8 Å². The van der Waals surface area contributed by atoms with Gasteiger partial charge in [-0.25, -0.2) is 0 Å². The average molecular weight is 217 g/mol. The van der Waals surface area contributed by atoms with E-state index >= 15 is 0 Å². The average Bonchev–Trinajstić information content (AvgIpc) is 2.39. The Morgan fingerprint density at radius 2 is 2.19 bits per heavy atom. The summed E-state index contributed by atoms with van der Waals surface area (Å²) in [6.45, 7) is 5.62. The molecule has 1 aromatic heterocycles. The van der Waals surface area contributed by atoms with Crippen LogP contribution in [0.25, 0.3) is 0 Å². The quantitative estimate of drug-likeness (QED) is 0.774. The summed E-state index contributed by atoms with van der Waals surface area (Å²) in [5.74, 6) is 0.920. The van der Waals surface area contributed by atoms with Gasteiger partial charge in [-0.2, -0.15) is 0 Å². The van der Waals surface area contributed by atoms with Gasteiger partial charge in [-0.1, -0.05) is 0 Å². The van der Waals surface area contributed by atoms with E-state index in [1.807, 2.05) is 13.1 Å². The number of aryl methyl sites for hydroxylation is 1. The summed E-state index contributed by atoms with van der Waals surface area (Å²) < 4.78 is 0. The van der Waals surface area contributed by atoms with E-state index in [-0.39, 0.29) is 0 Å². The highest BCUT2D eigenvalue weighted by Gasteiger charge is 2.32. The lowest BCUT2D eigenvalue weighted by atomic mass is 9.88. The van der Waals surface area contributed by atoms with Crippen LogP contribution >= 0.6 is 0 Å². The number of hydrogen-bond donors (Lipinski definition) is 1. The molecule has 0 spiro atoms. The predicted molar refractivity (Wildman–Crippen MR) is 65.7 cm³/mol. The van der Waals surface area contributed by atoms with Crippen LogP contribution in [0.5, 0.6) is 0 Å². The van der Waals surface area contributed by atoms with Crippen LogP contribution in [-0.4, -0.2) is 30.7 Å². The van der Waals surface area contributed by atoms with Gasteiger partial charge < -0.3 is 10.2 Å². The van der Waals surface area contributed by atoms with Crippen LogP contribution in [0.2, 0.25) is 0 Å². The fraction of sp³-hybridized carbons (Fsp3) is 0.615. The van der Waals surface area contributed by atoms with Gasteiger partial charge in [-0.3, -0.25) is 4.98 Å². The summed E-state index contributed by atoms with van der Waals surface area (Å²) in [6, 6.07) is 5.08. The first-order chi connectivity index (χ1) is 7.83. The number of pyridine rings is 1. The minimum absolute atomic E-state index is 0.781. The third-order valence-corrected chi connectivity index (χ3v) is 3.95. The first kappa shape index (κ1) is 10.1. The lowest BCUT2D eigenvalue weighted by molar-refractivity contribution is 0.226. The molecule has 2 unspecified atom stereocenters. The maximum atomic E-state index is 4.38. The lowest BCUT2D eigenvalue weighted by Gasteiger charge is -2.36. The zero-order valence-electron chi connectivity index (χ0n) is 9.82. The second-order valence-corrected chi connectivity index (χ2v) is 5.00. The molecule has 0 radical (unpaired) electrons. The Balaban J connectivity index is 1.72. The molecule has 1 aromatic rings. The van der Waals surface area contributed by atoms with Gasteiger partial charge in [0.1, 0.15) is 0 Å². The Hall–Kier alpha value is -1.09. The SMILES string of the molecule is Cc1ccc(N2CCC3CNC3CC2)cn1. The summed E-state index contributed by atoms with van der Waals surface area (Å²) in [4.78, 5) is 6.86. The first-order valence-electron chi connectivity index (χ1n) is 6.24. The molecule has 2 fully saturated rings. The fourth-order valence-electron chi connectivity index (χ4n) is 2.73. The van der Waals surface area contributed by atoms with Crippen molar-refractivity contribution < 1.29 is 0 Å². The van der Waals surface area contributed by atoms with Gasteiger partial charge in [0.15, 0.2) is 0 Å². The highest BCUT2D eigenvalue weighted by atomic mass is 15.2. The normalized spacial score (nSPS) is 29.2. The highest BCUT2D eigenvalue weighted by Crippen LogP contribution is 2.26. The van der Waals surface area contributed by atoms with E-state index in [0.29, 0.717) is 0 Å². The summed E-state index contributed by atoms with van der Waals surface area (Å²) in [7, 11) is 0. The first-order valence-corrected chi connectivity index (χ1v) is 6.24. The number of nitrogens with zero attached hydrogens (tertiary/aromatic N) is 2. The molecule has 86 valence electrons. The van der Waals surface area contributed by atoms with Crippen LogP contribution in [0.1, 0.15) is 18.5 Å². The van der Waals surface area contributed by atoms with Crippen molar-refractivity contribution in [1.29, 1.82) is 0 Å². The van der Waals surface area contributed by atoms with E-state index in [2.05, 4.69) is 27.3 Å². The molecule has 2 saturated heterocycles. The van der Waals surface area contributed by atoms with Crippen molar-refractivity contribution in [3.05, 3.63) is 24.0 Å². The number of fused-ring (bicyclic) bond motifs is 1. The van der Waals surface area contributed by atoms with Crippen LogP contribution in [0.15, 0.2) is 18.3 Å². The third kappa shape index (κ3) is 1.80. The second kappa shape index (κ2) is 4.06. The molecule has 0 aliphatic carbocycles. The van der Waals surface area contributed by atoms with Crippen molar-refractivity contribution in [1.82, 2.24) is 10.3 Å². The molecule has 3 nitrogen and oxygen atoms in total. The number of anilines is 1. The number of rotatable bonds is 1. The molecule has 2 aliphatic heterocycles. The number of nitrogens with one attached hydrogen (secondary N) is 1. The smallest absolute Gasteiger partial charge is 0.0552 e. The molecule has 3 heterocycles. The largest absolute Gasteiger partial charge is 0.370 e. The Bertz CT molecular complexity index is 346. The van der Waals surface area contributed by atoms with Crippen LogP contribution in [0.4, 0.5) is 5.69 Å². The molecule has 0 amide bonds. The van der Waals surface area contributed by atoms with E-state index in [0.717, 1.165) is 17.7 Å². The zero-order valence-corrected chi connectivity index (χ0v) is 9.82. The highest BCUT2D eigenvalue weighted by molar-refractivity contribution is 5.44. The van der Waals surface area contributed by atoms with E-state index in [9.17, 15) is 0 Å². The molecular formula is C13H19N3. The minimum atomic E-state index is 0.781. The molecule has 2 aliphatic rings. The predicted octanol–water partition coefficient (Wildman–Crippen LogP) is 1.58. The topological polar surface area (TPSA) is 28.2 Å². The van der Waals surface area contributed by atoms with Crippen LogP contribution < -0.4 is 10.2 Å². The van der Waals surface area contributed by atoms with Gasteiger partial charge >= 0.3 is 0 Å². The summed E-state index contributed by atoms with van der Waals surface area (Å²) >= 11 is 0. The van der Waals surface area contributed by atoms with Gasteiger partial charge in [0.05, 0.1) is 11.9 Å². The second-order valence-electron chi connectivity index (χ2n) is 5.00. The van der Waals surface area contributed by atoms with Gasteiger partial charge in [0, 0.05) is 24.8 Å². The Labute approximate surface area is 96.9 Å². The zero-order chi connectivity index (χ0) is 11.0. The molecule has 3 rings (SSSR count). The van der Waals surface area contributed by atoms with Gasteiger partial charge in [0.2, 0.25) is 0 Å². The lowest BCUT2D eigenvalue weighted by Crippen LogP contribution is -2.52. The van der Waals surface area contributed by atoms with Crippen molar-refractivity contribution in [3.63, 3.8) is 0 Å². The standard InChI is InChI=1S/C13H19N3/c1-10-2-3-12(9-14-10)16-6-4-11-8-15-13(11)5-7-16/h2-3,9,11,13,15H,4-8H2,1H3. The van der Waals surface area contributed by atoms with E-state index in [1.54, 1.807) is 0 Å². The molecule has 1 N–H and O–H groups in total. The van der Waals surface area contributed by atoms with E-state index in [4.69, 9.17) is 0 Å². The molecule has 0 aromatic carbocycles. The number of hydrogen-bond acceptors (Lipinski definition) is 3. The van der Waals surface area contributed by atoms with E-state index in [1.165, 1.54) is 38.2 Å². The van der Waals surface area contributed by atoms with Crippen molar-refractivity contribution >= 4 is 5.69 Å². The Morgan fingerprint density at radius 1 is 1.31 bits per heavy atom. The Morgan fingerprint density at radius 3 is 2.88 bits per heavy atom. The van der Waals surface area contributed by atoms with Crippen molar-refractivity contribution in [2.24, 2.45) is 5.92 Å². The monoisotopic (exact) mass is 217 g/mol. The minimum Gasteiger partial charge on any atom is -0.370 e. The van der Waals surface area contributed by atoms with Gasteiger partial charge in [-0.05, 0) is 44.4 Å². The number of aromatic nitrogens is 1. The fourth-order valence-corrected chi connectivity index (χ4v) is 2.73. The molecule has 0 bridgehead atoms. The molecule has 16 heavy (non-hydrogen) atoms. The van der Waals surface area contributed by atoms with E-state index < -0.39 is 0 Å². The molecule has 0 saturated carbocycles. The summed E-state index contributed by atoms with van der Waals surface area (Å²) in [5, 5.41) is 3.53. The summed E-state index contributed by atoms with van der Waals surface area (Å²) in [6.07, 6.45) is 4.61. The summed E-state index contributed by atoms with van der Waals surface area (Å²) in [5.41, 5.74) is 2.38. The van der Waals surface area contributed by atoms with Crippen molar-refractivity contribution in [2.45, 2.75) is 25.8 Å². The third-order valence-electron chi connectivity index (χ3n) is 3.95. The molecule has 3 heteroatoms. The van der Waals surface area contributed by atoms with Crippen LogP contribution in [-0.2, 0) is 0 Å².